The maximum atomic E-state index is 12.9. The third-order valence-corrected chi connectivity index (χ3v) is 12.9. The monoisotopic (exact) mass is 955 g/mol. The molecule has 1 aliphatic carbocycles. The van der Waals surface area contributed by atoms with E-state index in [1.165, 1.54) is 89.9 Å². The highest BCUT2D eigenvalue weighted by Crippen LogP contribution is 2.47. The smallest absolute Gasteiger partial charge is 0.457 e. The molecule has 0 amide bonds. The van der Waals surface area contributed by atoms with Gasteiger partial charge in [0, 0.05) is 13.0 Å². The predicted molar refractivity (Wildman–Crippen MR) is 267 cm³/mol. The van der Waals surface area contributed by atoms with Gasteiger partial charge in [0.25, 0.3) is 0 Å². The van der Waals surface area contributed by atoms with E-state index in [-0.39, 0.29) is 13.0 Å². The van der Waals surface area contributed by atoms with Crippen molar-refractivity contribution in [2.24, 2.45) is 0 Å². The molecule has 66 heavy (non-hydrogen) atoms. The predicted octanol–water partition coefficient (Wildman–Crippen LogP) is 11.8. The Labute approximate surface area is 400 Å². The number of ether oxygens (including phenoxy) is 2. The lowest BCUT2D eigenvalue weighted by Gasteiger charge is -2.41. The van der Waals surface area contributed by atoms with Crippen molar-refractivity contribution in [2.45, 2.75) is 249 Å². The van der Waals surface area contributed by atoms with Crippen LogP contribution in [0, 0.1) is 0 Å². The van der Waals surface area contributed by atoms with Crippen molar-refractivity contribution in [3.8, 4) is 0 Å². The topological polar surface area (TPSA) is 192 Å². The van der Waals surface area contributed by atoms with Crippen LogP contribution in [0.25, 0.3) is 0 Å². The van der Waals surface area contributed by atoms with Gasteiger partial charge in [-0.25, -0.2) is 4.57 Å². The van der Waals surface area contributed by atoms with E-state index < -0.39 is 63.1 Å². The van der Waals surface area contributed by atoms with E-state index in [0.717, 1.165) is 89.9 Å². The Morgan fingerprint density at radius 3 is 1.36 bits per heavy atom. The van der Waals surface area contributed by atoms with E-state index in [2.05, 4.69) is 74.6 Å². The number of aliphatic hydroxyl groups is 5. The molecule has 0 aromatic heterocycles. The zero-order chi connectivity index (χ0) is 48.4. The van der Waals surface area contributed by atoms with E-state index in [0.29, 0.717) is 13.0 Å². The zero-order valence-electron chi connectivity index (χ0n) is 41.2. The molecule has 1 aliphatic rings. The number of hydrogen-bond acceptors (Lipinski definition) is 11. The molecule has 0 aromatic carbocycles. The van der Waals surface area contributed by atoms with Crippen LogP contribution in [0.5, 0.6) is 0 Å². The average Bonchev–Trinajstić information content (AvgIpc) is 3.30. The van der Waals surface area contributed by atoms with Crippen LogP contribution in [-0.2, 0) is 27.9 Å². The first-order chi connectivity index (χ1) is 32.0. The van der Waals surface area contributed by atoms with Gasteiger partial charge in [-0.2, -0.15) is 0 Å². The van der Waals surface area contributed by atoms with Gasteiger partial charge >= 0.3 is 13.8 Å². The molecule has 0 radical (unpaired) electrons. The molecule has 12 nitrogen and oxygen atoms in total. The first-order valence-electron chi connectivity index (χ1n) is 26.1. The summed E-state index contributed by atoms with van der Waals surface area (Å²) in [6, 6.07) is 0. The molecule has 6 N–H and O–H groups in total. The maximum absolute atomic E-state index is 12.9. The number of carbonyl (C=O) groups is 1. The lowest BCUT2D eigenvalue weighted by Crippen LogP contribution is -2.64. The highest BCUT2D eigenvalue weighted by molar-refractivity contribution is 7.47. The summed E-state index contributed by atoms with van der Waals surface area (Å²) in [5, 5.41) is 50.3. The first kappa shape index (κ1) is 62.1. The molecule has 6 unspecified atom stereocenters. The summed E-state index contributed by atoms with van der Waals surface area (Å²) in [7, 11) is -5.03. The van der Waals surface area contributed by atoms with Crippen LogP contribution in [0.3, 0.4) is 0 Å². The maximum Gasteiger partial charge on any atom is 0.472 e. The average molecular weight is 955 g/mol. The number of unbranched alkanes of at least 4 members (excludes halogenated alkanes) is 22. The molecule has 0 aliphatic heterocycles. The standard InChI is InChI=1S/C53H95O12P/c1-3-5-7-9-11-13-15-17-19-21-22-23-24-25-27-29-31-33-35-37-39-41-43-62-44-46(45-63-66(60,61)65-53-51(58)49(56)48(55)50(57)52(53)59)64-47(54)42-40-38-36-34-32-30-28-26-20-18-16-14-12-10-8-6-4-2/h6,8,12,14-15,17-18,20-22,46,48-53,55-59H,3-5,7,9-11,13,16,19,23-45H2,1-2H3,(H,60,61)/b8-6-,14-12-,17-15-,20-18-,22-21-. The number of aliphatic hydroxyl groups excluding tert-OH is 5. The molecule has 13 heteroatoms. The van der Waals surface area contributed by atoms with Gasteiger partial charge in [0.15, 0.2) is 0 Å². The second-order valence-corrected chi connectivity index (χ2v) is 19.4. The van der Waals surface area contributed by atoms with Crippen molar-refractivity contribution in [3.05, 3.63) is 60.8 Å². The Morgan fingerprint density at radius 2 is 0.894 bits per heavy atom. The fraction of sp³-hybridized carbons (Fsp3) is 0.792. The zero-order valence-corrected chi connectivity index (χ0v) is 42.1. The lowest BCUT2D eigenvalue weighted by molar-refractivity contribution is -0.220. The summed E-state index contributed by atoms with van der Waals surface area (Å²) in [5.74, 6) is -0.489. The molecule has 1 rings (SSSR count). The van der Waals surface area contributed by atoms with Gasteiger partial charge < -0.3 is 39.9 Å². The van der Waals surface area contributed by atoms with E-state index in [4.69, 9.17) is 18.5 Å². The summed E-state index contributed by atoms with van der Waals surface area (Å²) in [6.45, 7) is 4.14. The fourth-order valence-corrected chi connectivity index (χ4v) is 8.73. The van der Waals surface area contributed by atoms with Crippen molar-refractivity contribution >= 4 is 13.8 Å². The van der Waals surface area contributed by atoms with Crippen LogP contribution in [0.2, 0.25) is 0 Å². The highest BCUT2D eigenvalue weighted by Gasteiger charge is 2.51. The number of esters is 1. The molecule has 0 saturated heterocycles. The Kier molecular flexibility index (Phi) is 40.5. The number of rotatable bonds is 44. The van der Waals surface area contributed by atoms with Gasteiger partial charge in [0.2, 0.25) is 0 Å². The summed E-state index contributed by atoms with van der Waals surface area (Å²) < 4.78 is 34.3. The Hall–Kier alpha value is -1.96. The van der Waals surface area contributed by atoms with Gasteiger partial charge in [-0.1, -0.05) is 184 Å². The molecule has 6 atom stereocenters. The third-order valence-electron chi connectivity index (χ3n) is 11.9. The fourth-order valence-electron chi connectivity index (χ4n) is 7.75. The first-order valence-corrected chi connectivity index (χ1v) is 27.6. The Bertz CT molecular complexity index is 1320. The summed E-state index contributed by atoms with van der Waals surface area (Å²) in [4.78, 5) is 23.2. The minimum absolute atomic E-state index is 0.0847. The Morgan fingerprint density at radius 1 is 0.500 bits per heavy atom. The molecule has 0 heterocycles. The molecule has 1 fully saturated rings. The van der Waals surface area contributed by atoms with E-state index >= 15 is 0 Å². The number of phosphoric ester groups is 1. The molecule has 0 spiro atoms. The number of hydrogen-bond donors (Lipinski definition) is 6. The van der Waals surface area contributed by atoms with E-state index in [9.17, 15) is 39.8 Å². The summed E-state index contributed by atoms with van der Waals surface area (Å²) in [5.41, 5.74) is 0. The van der Waals surface area contributed by atoms with Crippen LogP contribution in [0.1, 0.15) is 206 Å². The van der Waals surface area contributed by atoms with Gasteiger partial charge in [-0.3, -0.25) is 13.8 Å². The number of allylic oxidation sites excluding steroid dienone is 10. The van der Waals surface area contributed by atoms with E-state index in [1.807, 2.05) is 0 Å². The molecular formula is C53H95O12P. The molecule has 384 valence electrons. The highest BCUT2D eigenvalue weighted by atomic mass is 31.2. The second-order valence-electron chi connectivity index (χ2n) is 18.0. The quantitative estimate of drug-likeness (QED) is 0.0147. The lowest BCUT2D eigenvalue weighted by atomic mass is 9.85. The largest absolute Gasteiger partial charge is 0.472 e. The molecule has 1 saturated carbocycles. The van der Waals surface area contributed by atoms with Crippen LogP contribution in [-0.4, -0.2) is 98.9 Å². The molecule has 0 aromatic rings. The van der Waals surface area contributed by atoms with Crippen molar-refractivity contribution in [1.29, 1.82) is 0 Å². The minimum Gasteiger partial charge on any atom is -0.457 e. The van der Waals surface area contributed by atoms with Crippen LogP contribution < -0.4 is 0 Å². The Balaban J connectivity index is 2.33. The number of carbonyl (C=O) groups excluding carboxylic acids is 1. The van der Waals surface area contributed by atoms with Crippen molar-refractivity contribution in [2.75, 3.05) is 19.8 Å². The normalized spacial score (nSPS) is 21.9. The minimum atomic E-state index is -5.03. The number of phosphoric acid groups is 1. The van der Waals surface area contributed by atoms with Gasteiger partial charge in [-0.05, 0) is 77.0 Å². The van der Waals surface area contributed by atoms with Crippen molar-refractivity contribution in [1.82, 2.24) is 0 Å². The third kappa shape index (κ3) is 34.3. The van der Waals surface area contributed by atoms with E-state index in [1.54, 1.807) is 0 Å². The molecular weight excluding hydrogens is 860 g/mol. The summed E-state index contributed by atoms with van der Waals surface area (Å²) in [6.07, 6.45) is 42.8. The van der Waals surface area contributed by atoms with Crippen molar-refractivity contribution < 1.29 is 58.3 Å². The van der Waals surface area contributed by atoms with Gasteiger partial charge in [0.1, 0.15) is 42.7 Å². The SMILES string of the molecule is CC/C=C\C/C=C\C/C=C\CCCCCCCCCC(=O)OC(COCCCCCCCCCCCC/C=C\C/C=C\CCCCCCC)COP(=O)(O)OC1C(O)C(O)C(O)C(O)C1O. The van der Waals surface area contributed by atoms with Gasteiger partial charge in [0.05, 0.1) is 13.2 Å². The summed E-state index contributed by atoms with van der Waals surface area (Å²) >= 11 is 0. The van der Waals surface area contributed by atoms with Crippen LogP contribution >= 0.6 is 7.82 Å². The molecule has 0 bridgehead atoms. The van der Waals surface area contributed by atoms with Crippen molar-refractivity contribution in [3.63, 3.8) is 0 Å². The second kappa shape index (κ2) is 43.1. The van der Waals surface area contributed by atoms with Crippen LogP contribution in [0.15, 0.2) is 60.8 Å². The van der Waals surface area contributed by atoms with Crippen LogP contribution in [0.4, 0.5) is 0 Å². The van der Waals surface area contributed by atoms with Gasteiger partial charge in [-0.15, -0.1) is 0 Å².